The molecule has 0 aliphatic heterocycles. The van der Waals surface area contributed by atoms with E-state index in [1.54, 1.807) is 24.5 Å². The highest BCUT2D eigenvalue weighted by Crippen LogP contribution is 2.21. The van der Waals surface area contributed by atoms with Gasteiger partial charge in [0.25, 0.3) is 0 Å². The highest BCUT2D eigenvalue weighted by molar-refractivity contribution is 7.08. The standard InChI is InChI=1S/C16H22N4OS/c1-3-17-15(19-10-14-6-4-5-8-18-14)20-12-16(2,21)13-7-9-22-11-13/h4-9,11,21H,3,10,12H2,1-2H3,(H2,17,19,20). The molecule has 0 amide bonds. The van der Waals surface area contributed by atoms with Crippen molar-refractivity contribution in [2.45, 2.75) is 26.0 Å². The molecule has 0 saturated heterocycles. The van der Waals surface area contributed by atoms with Crippen LogP contribution in [0.25, 0.3) is 0 Å². The van der Waals surface area contributed by atoms with Crippen LogP contribution in [0.5, 0.6) is 0 Å². The predicted octanol–water partition coefficient (Wildman–Crippen LogP) is 2.11. The predicted molar refractivity (Wildman–Crippen MR) is 90.9 cm³/mol. The zero-order valence-corrected chi connectivity index (χ0v) is 13.7. The fraction of sp³-hybridized carbons (Fsp3) is 0.375. The first-order valence-corrected chi connectivity index (χ1v) is 8.23. The van der Waals surface area contributed by atoms with Crippen LogP contribution >= 0.6 is 11.3 Å². The summed E-state index contributed by atoms with van der Waals surface area (Å²) in [5, 5.41) is 20.8. The molecule has 5 nitrogen and oxygen atoms in total. The second kappa shape index (κ2) is 7.91. The number of hydrogen-bond acceptors (Lipinski definition) is 4. The third-order valence-electron chi connectivity index (χ3n) is 3.21. The van der Waals surface area contributed by atoms with Crippen molar-refractivity contribution in [1.29, 1.82) is 0 Å². The van der Waals surface area contributed by atoms with E-state index in [1.807, 2.05) is 41.9 Å². The van der Waals surface area contributed by atoms with Gasteiger partial charge >= 0.3 is 0 Å². The number of aliphatic hydroxyl groups is 1. The number of rotatable bonds is 6. The van der Waals surface area contributed by atoms with Crippen molar-refractivity contribution in [3.05, 3.63) is 52.5 Å². The molecule has 6 heteroatoms. The Morgan fingerprint density at radius 2 is 2.23 bits per heavy atom. The number of aromatic nitrogens is 1. The van der Waals surface area contributed by atoms with Crippen molar-refractivity contribution in [3.63, 3.8) is 0 Å². The zero-order chi connectivity index (χ0) is 15.8. The van der Waals surface area contributed by atoms with E-state index in [0.717, 1.165) is 17.8 Å². The zero-order valence-electron chi connectivity index (χ0n) is 12.9. The number of hydrogen-bond donors (Lipinski definition) is 3. The Labute approximate surface area is 135 Å². The van der Waals surface area contributed by atoms with Gasteiger partial charge in [-0.3, -0.25) is 4.98 Å². The molecule has 0 fully saturated rings. The minimum atomic E-state index is -0.929. The van der Waals surface area contributed by atoms with Gasteiger partial charge in [0.1, 0.15) is 5.60 Å². The van der Waals surface area contributed by atoms with Crippen molar-refractivity contribution < 1.29 is 5.11 Å². The molecule has 0 aliphatic rings. The fourth-order valence-corrected chi connectivity index (χ4v) is 2.71. The van der Waals surface area contributed by atoms with E-state index in [-0.39, 0.29) is 0 Å². The molecule has 118 valence electrons. The molecule has 0 bridgehead atoms. The first-order chi connectivity index (χ1) is 10.6. The number of nitrogens with zero attached hydrogens (tertiary/aromatic N) is 2. The molecule has 2 heterocycles. The molecule has 2 rings (SSSR count). The highest BCUT2D eigenvalue weighted by Gasteiger charge is 2.23. The van der Waals surface area contributed by atoms with Crippen LogP contribution in [-0.2, 0) is 12.1 Å². The maximum Gasteiger partial charge on any atom is 0.191 e. The van der Waals surface area contributed by atoms with Gasteiger partial charge < -0.3 is 15.7 Å². The fourth-order valence-electron chi connectivity index (χ4n) is 1.92. The number of nitrogens with one attached hydrogen (secondary N) is 2. The Hall–Kier alpha value is -1.92. The molecule has 1 unspecified atom stereocenters. The molecule has 1 atom stereocenters. The minimum Gasteiger partial charge on any atom is -0.384 e. The summed E-state index contributed by atoms with van der Waals surface area (Å²) in [6.07, 6.45) is 1.76. The lowest BCUT2D eigenvalue weighted by Crippen LogP contribution is -2.44. The van der Waals surface area contributed by atoms with Crippen LogP contribution in [0.15, 0.2) is 46.2 Å². The van der Waals surface area contributed by atoms with Crippen LogP contribution in [0, 0.1) is 0 Å². The Balaban J connectivity index is 1.96. The summed E-state index contributed by atoms with van der Waals surface area (Å²) < 4.78 is 0. The molecule has 2 aromatic heterocycles. The summed E-state index contributed by atoms with van der Waals surface area (Å²) in [6.45, 7) is 5.45. The molecule has 0 aliphatic carbocycles. The van der Waals surface area contributed by atoms with Crippen LogP contribution in [0.3, 0.4) is 0 Å². The molecular weight excluding hydrogens is 296 g/mol. The van der Waals surface area contributed by atoms with Crippen LogP contribution in [-0.4, -0.2) is 29.1 Å². The lowest BCUT2D eigenvalue weighted by atomic mass is 9.99. The van der Waals surface area contributed by atoms with Crippen LogP contribution < -0.4 is 10.6 Å². The van der Waals surface area contributed by atoms with Crippen molar-refractivity contribution in [3.8, 4) is 0 Å². The Morgan fingerprint density at radius 3 is 2.86 bits per heavy atom. The van der Waals surface area contributed by atoms with E-state index in [9.17, 15) is 5.11 Å². The summed E-state index contributed by atoms with van der Waals surface area (Å²) in [5.41, 5.74) is 0.885. The third kappa shape index (κ3) is 4.82. The second-order valence-corrected chi connectivity index (χ2v) is 5.94. The SMILES string of the molecule is CCNC(=NCc1ccccn1)NCC(C)(O)c1ccsc1. The third-order valence-corrected chi connectivity index (χ3v) is 3.90. The van der Waals surface area contributed by atoms with Crippen LogP contribution in [0.1, 0.15) is 25.1 Å². The summed E-state index contributed by atoms with van der Waals surface area (Å²) >= 11 is 1.58. The van der Waals surface area contributed by atoms with E-state index in [4.69, 9.17) is 0 Å². The van der Waals surface area contributed by atoms with Crippen molar-refractivity contribution in [1.82, 2.24) is 15.6 Å². The Kier molecular flexibility index (Phi) is 5.91. The molecule has 0 saturated carbocycles. The molecule has 22 heavy (non-hydrogen) atoms. The maximum atomic E-state index is 10.5. The van der Waals surface area contributed by atoms with Gasteiger partial charge in [0, 0.05) is 12.7 Å². The van der Waals surface area contributed by atoms with Crippen molar-refractivity contribution in [2.75, 3.05) is 13.1 Å². The van der Waals surface area contributed by atoms with Gasteiger partial charge in [-0.05, 0) is 48.4 Å². The lowest BCUT2D eigenvalue weighted by Gasteiger charge is -2.24. The van der Waals surface area contributed by atoms with Crippen LogP contribution in [0.4, 0.5) is 0 Å². The van der Waals surface area contributed by atoms with E-state index < -0.39 is 5.60 Å². The second-order valence-electron chi connectivity index (χ2n) is 5.16. The lowest BCUT2D eigenvalue weighted by molar-refractivity contribution is 0.0621. The average Bonchev–Trinajstić information content (AvgIpc) is 3.06. The summed E-state index contributed by atoms with van der Waals surface area (Å²) in [4.78, 5) is 8.74. The number of guanidine groups is 1. The molecule has 0 spiro atoms. The molecule has 3 N–H and O–H groups in total. The van der Waals surface area contributed by atoms with Gasteiger partial charge in [0.2, 0.25) is 0 Å². The smallest absolute Gasteiger partial charge is 0.191 e. The van der Waals surface area contributed by atoms with E-state index in [0.29, 0.717) is 19.0 Å². The first-order valence-electron chi connectivity index (χ1n) is 7.29. The van der Waals surface area contributed by atoms with Gasteiger partial charge in [0.15, 0.2) is 5.96 Å². The van der Waals surface area contributed by atoms with Crippen molar-refractivity contribution in [2.24, 2.45) is 4.99 Å². The minimum absolute atomic E-state index is 0.387. The van der Waals surface area contributed by atoms with Gasteiger partial charge in [-0.2, -0.15) is 11.3 Å². The number of thiophene rings is 1. The first kappa shape index (κ1) is 16.5. The average molecular weight is 318 g/mol. The van der Waals surface area contributed by atoms with Gasteiger partial charge in [-0.25, -0.2) is 4.99 Å². The Morgan fingerprint density at radius 1 is 1.36 bits per heavy atom. The summed E-state index contributed by atoms with van der Waals surface area (Å²) in [7, 11) is 0. The van der Waals surface area contributed by atoms with Gasteiger partial charge in [0.05, 0.1) is 18.8 Å². The highest BCUT2D eigenvalue weighted by atomic mass is 32.1. The van der Waals surface area contributed by atoms with Gasteiger partial charge in [-0.1, -0.05) is 6.07 Å². The van der Waals surface area contributed by atoms with Gasteiger partial charge in [-0.15, -0.1) is 0 Å². The molecule has 2 aromatic rings. The maximum absolute atomic E-state index is 10.5. The monoisotopic (exact) mass is 318 g/mol. The number of pyridine rings is 1. The molecular formula is C16H22N4OS. The molecule has 0 radical (unpaired) electrons. The van der Waals surface area contributed by atoms with E-state index >= 15 is 0 Å². The quantitative estimate of drug-likeness (QED) is 0.563. The van der Waals surface area contributed by atoms with Crippen LogP contribution in [0.2, 0.25) is 0 Å². The topological polar surface area (TPSA) is 69.5 Å². The van der Waals surface area contributed by atoms with E-state index in [2.05, 4.69) is 20.6 Å². The van der Waals surface area contributed by atoms with E-state index in [1.165, 1.54) is 0 Å². The number of aliphatic imine (C=N–C) groups is 1. The van der Waals surface area contributed by atoms with Crippen molar-refractivity contribution >= 4 is 17.3 Å². The Bertz CT molecular complexity index is 581. The largest absolute Gasteiger partial charge is 0.384 e. The summed E-state index contributed by atoms with van der Waals surface area (Å²) in [5.74, 6) is 0.670. The summed E-state index contributed by atoms with van der Waals surface area (Å²) in [6, 6.07) is 7.70. The normalized spacial score (nSPS) is 14.4. The molecule has 0 aromatic carbocycles.